The van der Waals surface area contributed by atoms with Gasteiger partial charge in [0.1, 0.15) is 0 Å². The fourth-order valence-electron chi connectivity index (χ4n) is 2.29. The molecule has 0 fully saturated rings. The maximum absolute atomic E-state index is 10.8. The van der Waals surface area contributed by atoms with Crippen LogP contribution in [0.25, 0.3) is 0 Å². The number of carbonyl (C=O) groups is 2. The lowest BCUT2D eigenvalue weighted by Crippen LogP contribution is -1.99. The number of halogens is 1. The van der Waals surface area contributed by atoms with Crippen LogP contribution in [0.1, 0.15) is 37.3 Å². The smallest absolute Gasteiger partial charge is 0.337 e. The van der Waals surface area contributed by atoms with Crippen molar-refractivity contribution in [3.8, 4) is 0 Å². The minimum atomic E-state index is -2.21. The third-order valence-corrected chi connectivity index (χ3v) is 4.22. The van der Waals surface area contributed by atoms with Crippen LogP contribution >= 0.6 is 11.6 Å². The van der Waals surface area contributed by atoms with Crippen molar-refractivity contribution >= 4 is 23.5 Å². The molecule has 5 nitrogen and oxygen atoms in total. The second-order valence-electron chi connectivity index (χ2n) is 6.47. The first-order valence-corrected chi connectivity index (χ1v) is 10.7. The van der Waals surface area contributed by atoms with Crippen LogP contribution in [0.4, 0.5) is 0 Å². The molecule has 4 rings (SSSR count). The minimum absolute atomic E-state index is 0.287. The average molecular weight is 497 g/mol. The lowest BCUT2D eigenvalue weighted by molar-refractivity contribution is 0.0599. The summed E-state index contributed by atoms with van der Waals surface area (Å²) in [4.78, 5) is 21.0. The molecular formula is C29H29ClO5. The number of carboxylic acid groups (broad SMARTS) is 1. The Hall–Kier alpha value is -3.93. The third kappa shape index (κ3) is 13.4. The van der Waals surface area contributed by atoms with E-state index in [1.54, 1.807) is 109 Å². The molecule has 0 aromatic heterocycles. The predicted octanol–water partition coefficient (Wildman–Crippen LogP) is 6.46. The molecule has 0 spiro atoms. The molecule has 0 radical (unpaired) electrons. The summed E-state index contributed by atoms with van der Waals surface area (Å²) in [5.41, 5.74) is 1.70. The summed E-state index contributed by atoms with van der Waals surface area (Å²) in [5, 5.41) is 17.2. The number of alkyl halides is 1. The van der Waals surface area contributed by atoms with Crippen molar-refractivity contribution in [1.29, 1.82) is 0 Å². The van der Waals surface area contributed by atoms with Gasteiger partial charge in [-0.15, -0.1) is 11.6 Å². The molecule has 0 amide bonds. The Labute approximate surface area is 216 Å². The van der Waals surface area contributed by atoms with Crippen molar-refractivity contribution in [3.05, 3.63) is 144 Å². The van der Waals surface area contributed by atoms with Gasteiger partial charge in [0.2, 0.25) is 0 Å². The van der Waals surface area contributed by atoms with Crippen LogP contribution in [-0.4, -0.2) is 29.3 Å². The standard InChI is InChI=1S/C8H8O2.C7H7Cl.C7H6O2.C7H8O/c1-10-8(9)7-5-3-2-4-6-7;8-6-7-4-2-1-3-5-7;8-7(9)6-4-2-1-3-5-6;8-6-7-4-2-1-3-5-7/h2-6H,1H3;1-5H,6H2;1-5H,(H,8,9);1-5,8H,6H2/i;6D2;;6D2. The van der Waals surface area contributed by atoms with Crippen molar-refractivity contribution in [1.82, 2.24) is 0 Å². The third-order valence-electron chi connectivity index (χ3n) is 4.00. The number of esters is 1. The predicted molar refractivity (Wildman–Crippen MR) is 140 cm³/mol. The van der Waals surface area contributed by atoms with Gasteiger partial charge in [-0.3, -0.25) is 0 Å². The van der Waals surface area contributed by atoms with Crippen molar-refractivity contribution in [2.75, 3.05) is 7.11 Å². The van der Waals surface area contributed by atoms with Crippen LogP contribution in [0.5, 0.6) is 0 Å². The summed E-state index contributed by atoms with van der Waals surface area (Å²) in [7, 11) is 1.37. The van der Waals surface area contributed by atoms with E-state index in [2.05, 4.69) is 4.74 Å². The maximum Gasteiger partial charge on any atom is 0.337 e. The van der Waals surface area contributed by atoms with Gasteiger partial charge < -0.3 is 14.9 Å². The molecule has 0 saturated carbocycles. The van der Waals surface area contributed by atoms with E-state index in [-0.39, 0.29) is 11.5 Å². The van der Waals surface area contributed by atoms with Crippen LogP contribution in [-0.2, 0) is 17.1 Å². The number of methoxy groups -OCH3 is 1. The van der Waals surface area contributed by atoms with Gasteiger partial charge in [-0.25, -0.2) is 9.59 Å². The highest BCUT2D eigenvalue weighted by molar-refractivity contribution is 6.17. The van der Waals surface area contributed by atoms with Gasteiger partial charge in [-0.1, -0.05) is 97.1 Å². The van der Waals surface area contributed by atoms with Gasteiger partial charge >= 0.3 is 11.9 Å². The lowest BCUT2D eigenvalue weighted by atomic mass is 10.2. The number of hydrogen-bond donors (Lipinski definition) is 2. The second kappa shape index (κ2) is 18.5. The highest BCUT2D eigenvalue weighted by Crippen LogP contribution is 2.01. The Kier molecular flexibility index (Phi) is 12.1. The first-order chi connectivity index (χ1) is 18.4. The SMILES string of the molecule is COC(=O)c1ccccc1.O=C(O)c1ccccc1.[2H]C([2H])(Cl)c1ccccc1.[2H]C([2H])(O)c1ccccc1. The summed E-state index contributed by atoms with van der Waals surface area (Å²) in [6.07, 6.45) is 0. The molecule has 182 valence electrons. The number of benzene rings is 4. The van der Waals surface area contributed by atoms with Crippen LogP contribution in [0, 0.1) is 0 Å². The monoisotopic (exact) mass is 496 g/mol. The van der Waals surface area contributed by atoms with E-state index < -0.39 is 18.4 Å². The lowest BCUT2D eigenvalue weighted by Gasteiger charge is -1.95. The van der Waals surface area contributed by atoms with Crippen LogP contribution < -0.4 is 0 Å². The second-order valence-corrected chi connectivity index (χ2v) is 6.66. The molecule has 0 heterocycles. The Morgan fingerprint density at radius 1 is 0.714 bits per heavy atom. The number of aromatic carboxylic acids is 1. The molecule has 0 aliphatic heterocycles. The molecule has 0 saturated heterocycles. The molecule has 2 N–H and O–H groups in total. The first-order valence-electron chi connectivity index (χ1n) is 12.3. The molecule has 0 unspecified atom stereocenters. The van der Waals surface area contributed by atoms with Crippen LogP contribution in [0.3, 0.4) is 0 Å². The molecule has 0 aliphatic carbocycles. The van der Waals surface area contributed by atoms with Crippen LogP contribution in [0.15, 0.2) is 121 Å². The zero-order valence-electron chi connectivity index (χ0n) is 23.0. The number of aliphatic hydroxyl groups is 1. The molecule has 4 aromatic rings. The maximum atomic E-state index is 10.8. The molecular weight excluding hydrogens is 464 g/mol. The van der Waals surface area contributed by atoms with Gasteiger partial charge in [0.25, 0.3) is 0 Å². The summed E-state index contributed by atoms with van der Waals surface area (Å²) < 4.78 is 32.5. The van der Waals surface area contributed by atoms with Gasteiger partial charge in [0, 0.05) is 8.57 Å². The molecule has 6 heteroatoms. The van der Waals surface area contributed by atoms with Crippen LogP contribution in [0.2, 0.25) is 0 Å². The zero-order chi connectivity index (χ0) is 29.3. The number of rotatable bonds is 4. The number of hydrogen-bond acceptors (Lipinski definition) is 4. The Morgan fingerprint density at radius 3 is 1.34 bits per heavy atom. The molecule has 0 aliphatic rings. The number of carbonyl (C=O) groups excluding carboxylic acids is 1. The molecule has 4 aromatic carbocycles. The molecule has 0 atom stereocenters. The fraction of sp³-hybridized carbons (Fsp3) is 0.103. The summed E-state index contributed by atoms with van der Waals surface area (Å²) >= 11 is 5.39. The van der Waals surface area contributed by atoms with Gasteiger partial charge in [-0.2, -0.15) is 0 Å². The molecule has 0 bridgehead atoms. The topological polar surface area (TPSA) is 83.8 Å². The Bertz CT molecular complexity index is 1180. The first kappa shape index (κ1) is 22.8. The van der Waals surface area contributed by atoms with E-state index >= 15 is 0 Å². The Morgan fingerprint density at radius 2 is 1.09 bits per heavy atom. The van der Waals surface area contributed by atoms with Crippen molar-refractivity contribution in [2.24, 2.45) is 0 Å². The van der Waals surface area contributed by atoms with E-state index in [1.807, 2.05) is 12.1 Å². The Balaban J connectivity index is 0.000000260. The van der Waals surface area contributed by atoms with Gasteiger partial charge in [0.05, 0.1) is 27.5 Å². The van der Waals surface area contributed by atoms with Gasteiger partial charge in [0.15, 0.2) is 0 Å². The molecule has 35 heavy (non-hydrogen) atoms. The van der Waals surface area contributed by atoms with E-state index in [9.17, 15) is 9.59 Å². The van der Waals surface area contributed by atoms with Crippen molar-refractivity contribution in [3.63, 3.8) is 0 Å². The number of carboxylic acids is 1. The van der Waals surface area contributed by atoms with Crippen molar-refractivity contribution < 1.29 is 30.0 Å². The largest absolute Gasteiger partial charge is 0.478 e. The zero-order valence-corrected chi connectivity index (χ0v) is 19.8. The van der Waals surface area contributed by atoms with Gasteiger partial charge in [-0.05, 0) is 35.4 Å². The van der Waals surface area contributed by atoms with E-state index in [0.29, 0.717) is 16.7 Å². The summed E-state index contributed by atoms with van der Waals surface area (Å²) in [5.74, 6) is -2.91. The highest BCUT2D eigenvalue weighted by atomic mass is 35.5. The van der Waals surface area contributed by atoms with Crippen molar-refractivity contribution in [2.45, 2.75) is 12.4 Å². The quantitative estimate of drug-likeness (QED) is 0.250. The van der Waals surface area contributed by atoms with E-state index in [1.165, 1.54) is 7.11 Å². The van der Waals surface area contributed by atoms with E-state index in [0.717, 1.165) is 0 Å². The fourth-order valence-corrected chi connectivity index (χ4v) is 2.41. The highest BCUT2D eigenvalue weighted by Gasteiger charge is 2.00. The normalized spacial score (nSPS) is 11.5. The summed E-state index contributed by atoms with van der Waals surface area (Å²) in [6.45, 7) is -2.21. The van der Waals surface area contributed by atoms with E-state index in [4.69, 9.17) is 27.3 Å². The average Bonchev–Trinajstić information content (AvgIpc) is 2.95. The summed E-state index contributed by atoms with van der Waals surface area (Å²) in [6, 6.07) is 34.1. The minimum Gasteiger partial charge on any atom is -0.478 e. The number of ether oxygens (including phenoxy) is 1.